The predicted octanol–water partition coefficient (Wildman–Crippen LogP) is 6.34. The van der Waals surface area contributed by atoms with E-state index in [1.165, 1.54) is 11.1 Å². The molecule has 0 aromatic heterocycles. The fourth-order valence-corrected chi connectivity index (χ4v) is 4.67. The molecule has 1 aliphatic heterocycles. The second-order valence-electron chi connectivity index (χ2n) is 8.66. The first kappa shape index (κ1) is 19.7. The highest BCUT2D eigenvalue weighted by Crippen LogP contribution is 2.52. The van der Waals surface area contributed by atoms with Crippen LogP contribution in [0, 0.1) is 11.3 Å². The fourth-order valence-electron chi connectivity index (χ4n) is 4.41. The largest absolute Gasteiger partial charge is 0.378 e. The van der Waals surface area contributed by atoms with Crippen LogP contribution < -0.4 is 5.32 Å². The molecule has 1 aliphatic carbocycles. The van der Waals surface area contributed by atoms with Crippen molar-refractivity contribution in [2.24, 2.45) is 11.3 Å². The molecule has 0 radical (unpaired) electrons. The van der Waals surface area contributed by atoms with Gasteiger partial charge in [0.2, 0.25) is 0 Å². The summed E-state index contributed by atoms with van der Waals surface area (Å²) in [5.74, 6) is -0.154. The van der Waals surface area contributed by atoms with Gasteiger partial charge in [0.05, 0.1) is 19.3 Å². The predicted molar refractivity (Wildman–Crippen MR) is 117 cm³/mol. The summed E-state index contributed by atoms with van der Waals surface area (Å²) in [6.07, 6.45) is 1.98. The molecule has 1 spiro atoms. The minimum Gasteiger partial charge on any atom is -0.378 e. The summed E-state index contributed by atoms with van der Waals surface area (Å²) < 4.78 is 13.1. The van der Waals surface area contributed by atoms with E-state index in [0.717, 1.165) is 36.2 Å². The first-order valence-corrected chi connectivity index (χ1v) is 10.7. The highest BCUT2D eigenvalue weighted by atomic mass is 79.9. The average Bonchev–Trinajstić information content (AvgIpc) is 3.01. The van der Waals surface area contributed by atoms with Gasteiger partial charge >= 0.3 is 0 Å². The minimum atomic E-state index is -0.487. The normalized spacial score (nSPS) is 24.2. The van der Waals surface area contributed by atoms with E-state index in [2.05, 4.69) is 82.4 Å². The highest BCUT2D eigenvalue weighted by Gasteiger charge is 2.48. The lowest BCUT2D eigenvalue weighted by molar-refractivity contribution is -0.284. The van der Waals surface area contributed by atoms with Crippen LogP contribution in [0.15, 0.2) is 71.2 Å². The van der Waals surface area contributed by atoms with E-state index in [9.17, 15) is 0 Å². The third-order valence-electron chi connectivity index (χ3n) is 5.96. The number of hydrogen-bond donors (Lipinski definition) is 1. The summed E-state index contributed by atoms with van der Waals surface area (Å²) in [7, 11) is 0. The monoisotopic (exact) mass is 441 g/mol. The SMILES string of the molecule is C=C1CC2(COC(C)(C)OC2)C[C@@H]1[C@@H](Nc1ccc(Br)cc1)c1ccccc1. The molecule has 0 amide bonds. The molecule has 3 nitrogen and oxygen atoms in total. The zero-order valence-corrected chi connectivity index (χ0v) is 18.2. The molecule has 1 saturated heterocycles. The maximum Gasteiger partial charge on any atom is 0.162 e. The first-order valence-electron chi connectivity index (χ1n) is 9.89. The number of benzene rings is 2. The molecular weight excluding hydrogens is 414 g/mol. The van der Waals surface area contributed by atoms with Gasteiger partial charge in [-0.05, 0) is 56.5 Å². The topological polar surface area (TPSA) is 30.5 Å². The van der Waals surface area contributed by atoms with E-state index in [1.54, 1.807) is 0 Å². The van der Waals surface area contributed by atoms with Crippen LogP contribution in [-0.2, 0) is 9.47 Å². The Bertz CT molecular complexity index is 821. The van der Waals surface area contributed by atoms with Gasteiger partial charge in [0.1, 0.15) is 0 Å². The average molecular weight is 442 g/mol. The van der Waals surface area contributed by atoms with Crippen LogP contribution in [0.2, 0.25) is 0 Å². The third-order valence-corrected chi connectivity index (χ3v) is 6.49. The number of hydrogen-bond acceptors (Lipinski definition) is 3. The Morgan fingerprint density at radius 1 is 1.04 bits per heavy atom. The Labute approximate surface area is 176 Å². The van der Waals surface area contributed by atoms with Gasteiger partial charge in [-0.1, -0.05) is 58.4 Å². The molecule has 2 aromatic carbocycles. The fraction of sp³-hybridized carbons (Fsp3) is 0.417. The van der Waals surface area contributed by atoms with Gasteiger partial charge in [-0.15, -0.1) is 0 Å². The Morgan fingerprint density at radius 3 is 2.32 bits per heavy atom. The van der Waals surface area contributed by atoms with Crippen LogP contribution in [0.4, 0.5) is 5.69 Å². The maximum atomic E-state index is 6.03. The summed E-state index contributed by atoms with van der Waals surface area (Å²) in [5, 5.41) is 3.77. The summed E-state index contributed by atoms with van der Waals surface area (Å²) in [4.78, 5) is 0. The van der Waals surface area contributed by atoms with Gasteiger partial charge in [0, 0.05) is 21.5 Å². The third kappa shape index (κ3) is 4.19. The van der Waals surface area contributed by atoms with Crippen molar-refractivity contribution in [1.29, 1.82) is 0 Å². The second kappa shape index (κ2) is 7.66. The molecule has 2 aromatic rings. The van der Waals surface area contributed by atoms with Crippen LogP contribution >= 0.6 is 15.9 Å². The van der Waals surface area contributed by atoms with Crippen LogP contribution in [0.3, 0.4) is 0 Å². The number of rotatable bonds is 4. The Balaban J connectivity index is 1.59. The summed E-state index contributed by atoms with van der Waals surface area (Å²) in [6, 6.07) is 19.2. The maximum absolute atomic E-state index is 6.03. The van der Waals surface area contributed by atoms with Crippen molar-refractivity contribution in [2.75, 3.05) is 18.5 Å². The molecule has 2 fully saturated rings. The van der Waals surface area contributed by atoms with Crippen molar-refractivity contribution < 1.29 is 9.47 Å². The van der Waals surface area contributed by atoms with E-state index < -0.39 is 5.79 Å². The van der Waals surface area contributed by atoms with Gasteiger partial charge in [-0.25, -0.2) is 0 Å². The van der Waals surface area contributed by atoms with E-state index in [4.69, 9.17) is 9.47 Å². The van der Waals surface area contributed by atoms with Gasteiger partial charge in [0.25, 0.3) is 0 Å². The molecule has 0 bridgehead atoms. The van der Waals surface area contributed by atoms with Gasteiger partial charge in [-0.2, -0.15) is 0 Å². The van der Waals surface area contributed by atoms with Crippen LogP contribution in [0.1, 0.15) is 38.3 Å². The second-order valence-corrected chi connectivity index (χ2v) is 9.58. The van der Waals surface area contributed by atoms with Crippen molar-refractivity contribution >= 4 is 21.6 Å². The molecule has 1 heterocycles. The standard InChI is InChI=1S/C24H28BrNO2/c1-17-13-24(15-27-23(2,3)28-16-24)14-21(17)22(18-7-5-4-6-8-18)26-20-11-9-19(25)10-12-20/h4-12,21-22,26H,1,13-16H2,2-3H3/t21-,22-/m0/s1. The lowest BCUT2D eigenvalue weighted by Gasteiger charge is -2.41. The number of ether oxygens (including phenoxy) is 2. The van der Waals surface area contributed by atoms with Gasteiger partial charge < -0.3 is 14.8 Å². The van der Waals surface area contributed by atoms with Crippen molar-refractivity contribution in [3.8, 4) is 0 Å². The van der Waals surface area contributed by atoms with E-state index in [-0.39, 0.29) is 11.5 Å². The molecule has 1 saturated carbocycles. The smallest absolute Gasteiger partial charge is 0.162 e. The molecule has 2 aliphatic rings. The summed E-state index contributed by atoms with van der Waals surface area (Å²) >= 11 is 3.52. The van der Waals surface area contributed by atoms with Crippen LogP contribution in [0.25, 0.3) is 0 Å². The van der Waals surface area contributed by atoms with E-state index in [1.807, 2.05) is 13.8 Å². The lowest BCUT2D eigenvalue weighted by Crippen LogP contribution is -2.45. The zero-order valence-electron chi connectivity index (χ0n) is 16.6. The van der Waals surface area contributed by atoms with Crippen molar-refractivity contribution in [2.45, 2.75) is 38.5 Å². The Kier molecular flexibility index (Phi) is 5.38. The molecule has 4 rings (SSSR count). The van der Waals surface area contributed by atoms with Gasteiger partial charge in [-0.3, -0.25) is 0 Å². The van der Waals surface area contributed by atoms with Crippen molar-refractivity contribution in [1.82, 2.24) is 0 Å². The molecule has 4 heteroatoms. The zero-order chi connectivity index (χ0) is 19.8. The molecule has 28 heavy (non-hydrogen) atoms. The number of anilines is 1. The van der Waals surface area contributed by atoms with Crippen LogP contribution in [-0.4, -0.2) is 19.0 Å². The molecule has 1 N–H and O–H groups in total. The minimum absolute atomic E-state index is 0.0334. The van der Waals surface area contributed by atoms with Crippen LogP contribution in [0.5, 0.6) is 0 Å². The number of nitrogens with one attached hydrogen (secondary N) is 1. The Morgan fingerprint density at radius 2 is 1.68 bits per heavy atom. The Hall–Kier alpha value is -1.62. The summed E-state index contributed by atoms with van der Waals surface area (Å²) in [5.41, 5.74) is 3.71. The quantitative estimate of drug-likeness (QED) is 0.561. The molecule has 2 atom stereocenters. The molecule has 0 unspecified atom stereocenters. The summed E-state index contributed by atoms with van der Waals surface area (Å²) in [6.45, 7) is 9.91. The first-order chi connectivity index (χ1) is 13.4. The molecule has 148 valence electrons. The van der Waals surface area contributed by atoms with E-state index in [0.29, 0.717) is 5.92 Å². The van der Waals surface area contributed by atoms with E-state index >= 15 is 0 Å². The molecular formula is C24H28BrNO2. The van der Waals surface area contributed by atoms with Gasteiger partial charge in [0.15, 0.2) is 5.79 Å². The van der Waals surface area contributed by atoms with Crippen molar-refractivity contribution in [3.05, 3.63) is 76.8 Å². The highest BCUT2D eigenvalue weighted by molar-refractivity contribution is 9.10. The lowest BCUT2D eigenvalue weighted by atomic mass is 9.83. The van der Waals surface area contributed by atoms with Crippen molar-refractivity contribution in [3.63, 3.8) is 0 Å². The number of halogens is 1.